The van der Waals surface area contributed by atoms with Crippen LogP contribution in [0.1, 0.15) is 46.8 Å². The topological polar surface area (TPSA) is 55.4 Å². The van der Waals surface area contributed by atoms with Gasteiger partial charge < -0.3 is 10.1 Å². The molecule has 4 nitrogen and oxygen atoms in total. The third-order valence-electron chi connectivity index (χ3n) is 5.61. The van der Waals surface area contributed by atoms with Crippen LogP contribution in [0.5, 0.6) is 0 Å². The first kappa shape index (κ1) is 23.3. The first-order valence-electron chi connectivity index (χ1n) is 11.1. The highest BCUT2D eigenvalue weighted by Crippen LogP contribution is 2.21. The molecule has 0 fully saturated rings. The zero-order valence-corrected chi connectivity index (χ0v) is 18.8. The van der Waals surface area contributed by atoms with Crippen molar-refractivity contribution in [1.29, 1.82) is 0 Å². The lowest BCUT2D eigenvalue weighted by Crippen LogP contribution is -2.30. The van der Waals surface area contributed by atoms with E-state index in [1.165, 1.54) is 5.56 Å². The Morgan fingerprint density at radius 2 is 1.38 bits per heavy atom. The highest BCUT2D eigenvalue weighted by atomic mass is 16.5. The van der Waals surface area contributed by atoms with E-state index in [9.17, 15) is 9.59 Å². The maximum atomic E-state index is 12.6. The van der Waals surface area contributed by atoms with Crippen LogP contribution in [-0.4, -0.2) is 18.4 Å². The number of nitrogens with one attached hydrogen (secondary N) is 1. The van der Waals surface area contributed by atoms with Gasteiger partial charge in [0.1, 0.15) is 6.10 Å². The summed E-state index contributed by atoms with van der Waals surface area (Å²) in [6.45, 7) is 4.34. The van der Waals surface area contributed by atoms with Crippen LogP contribution >= 0.6 is 0 Å². The van der Waals surface area contributed by atoms with Crippen LogP contribution < -0.4 is 5.32 Å². The molecule has 0 aromatic heterocycles. The molecule has 0 aliphatic rings. The van der Waals surface area contributed by atoms with Crippen LogP contribution in [0.4, 0.5) is 0 Å². The van der Waals surface area contributed by atoms with Gasteiger partial charge in [-0.25, -0.2) is 0 Å². The number of esters is 1. The Morgan fingerprint density at radius 1 is 0.781 bits per heavy atom. The van der Waals surface area contributed by atoms with E-state index >= 15 is 0 Å². The van der Waals surface area contributed by atoms with Gasteiger partial charge in [-0.1, -0.05) is 78.9 Å². The molecule has 1 atom stereocenters. The van der Waals surface area contributed by atoms with Crippen LogP contribution in [0.25, 0.3) is 0 Å². The van der Waals surface area contributed by atoms with Crippen LogP contribution in [0.2, 0.25) is 0 Å². The maximum absolute atomic E-state index is 12.6. The lowest BCUT2D eigenvalue weighted by molar-refractivity contribution is -0.149. The first-order valence-corrected chi connectivity index (χ1v) is 11.1. The summed E-state index contributed by atoms with van der Waals surface area (Å²) >= 11 is 0. The molecule has 0 heterocycles. The quantitative estimate of drug-likeness (QED) is 0.447. The van der Waals surface area contributed by atoms with Crippen molar-refractivity contribution in [2.24, 2.45) is 0 Å². The summed E-state index contributed by atoms with van der Waals surface area (Å²) in [5, 5.41) is 2.95. The van der Waals surface area contributed by atoms with Gasteiger partial charge in [0.2, 0.25) is 5.91 Å². The van der Waals surface area contributed by atoms with Crippen molar-refractivity contribution in [2.75, 3.05) is 6.54 Å². The summed E-state index contributed by atoms with van der Waals surface area (Å²) < 4.78 is 5.81. The average molecular weight is 430 g/mol. The average Bonchev–Trinajstić information content (AvgIpc) is 2.82. The molecule has 3 aromatic carbocycles. The molecule has 0 spiro atoms. The lowest BCUT2D eigenvalue weighted by Gasteiger charge is -2.20. The second kappa shape index (κ2) is 11.8. The zero-order valence-electron chi connectivity index (χ0n) is 18.8. The predicted octanol–water partition coefficient (Wildman–Crippen LogP) is 5.27. The van der Waals surface area contributed by atoms with Gasteiger partial charge >= 0.3 is 5.97 Å². The Bertz CT molecular complexity index is 1020. The van der Waals surface area contributed by atoms with E-state index in [0.29, 0.717) is 25.7 Å². The van der Waals surface area contributed by atoms with Gasteiger partial charge in [0.15, 0.2) is 0 Å². The number of carbonyl (C=O) groups is 2. The van der Waals surface area contributed by atoms with Gasteiger partial charge in [0.25, 0.3) is 0 Å². The molecule has 3 rings (SSSR count). The fourth-order valence-corrected chi connectivity index (χ4v) is 3.50. The largest absolute Gasteiger partial charge is 0.456 e. The second-order valence-corrected chi connectivity index (χ2v) is 8.10. The third-order valence-corrected chi connectivity index (χ3v) is 5.61. The van der Waals surface area contributed by atoms with E-state index in [2.05, 4.69) is 5.32 Å². The van der Waals surface area contributed by atoms with E-state index in [0.717, 1.165) is 22.3 Å². The number of rotatable bonds is 10. The van der Waals surface area contributed by atoms with Crippen LogP contribution in [0.15, 0.2) is 78.9 Å². The van der Waals surface area contributed by atoms with Gasteiger partial charge in [-0.05, 0) is 54.5 Å². The molecule has 0 aliphatic carbocycles. The fraction of sp³-hybridized carbons (Fsp3) is 0.286. The lowest BCUT2D eigenvalue weighted by atomic mass is 10.0. The summed E-state index contributed by atoms with van der Waals surface area (Å²) in [4.78, 5) is 25.0. The van der Waals surface area contributed by atoms with Gasteiger partial charge in [0, 0.05) is 12.8 Å². The summed E-state index contributed by atoms with van der Waals surface area (Å²) in [6.07, 6.45) is 1.48. The summed E-state index contributed by atoms with van der Waals surface area (Å²) in [6, 6.07) is 25.8. The minimum Gasteiger partial charge on any atom is -0.456 e. The molecule has 0 unspecified atom stereocenters. The molecule has 1 amide bonds. The Balaban J connectivity index is 1.59. The second-order valence-electron chi connectivity index (χ2n) is 8.10. The number of amides is 1. The molecule has 3 aromatic rings. The summed E-state index contributed by atoms with van der Waals surface area (Å²) in [5.41, 5.74) is 5.42. The predicted molar refractivity (Wildman–Crippen MR) is 127 cm³/mol. The van der Waals surface area contributed by atoms with E-state index in [-0.39, 0.29) is 18.4 Å². The van der Waals surface area contributed by atoms with Crippen molar-refractivity contribution in [2.45, 2.75) is 45.6 Å². The number of aryl methyl sites for hydroxylation is 4. The van der Waals surface area contributed by atoms with Crippen molar-refractivity contribution in [1.82, 2.24) is 5.32 Å². The van der Waals surface area contributed by atoms with Crippen LogP contribution in [0, 0.1) is 13.8 Å². The van der Waals surface area contributed by atoms with E-state index in [1.54, 1.807) is 0 Å². The van der Waals surface area contributed by atoms with Crippen LogP contribution in [0.3, 0.4) is 0 Å². The highest BCUT2D eigenvalue weighted by Gasteiger charge is 2.18. The standard InChI is InChI=1S/C28H31NO3/c1-21-13-16-25(19-22(21)2)26(32-28(31)18-15-24-11-7-4-8-12-24)20-29-27(30)17-14-23-9-5-3-6-10-23/h3-13,16,19,26H,14-15,17-18,20H2,1-2H3,(H,29,30)/t26-/m1/s1. The number of benzene rings is 3. The number of carbonyl (C=O) groups excluding carboxylic acids is 2. The van der Waals surface area contributed by atoms with E-state index in [1.807, 2.05) is 92.7 Å². The minimum absolute atomic E-state index is 0.0528. The highest BCUT2D eigenvalue weighted by molar-refractivity contribution is 5.76. The normalized spacial score (nSPS) is 11.6. The van der Waals surface area contributed by atoms with Crippen molar-refractivity contribution in [3.63, 3.8) is 0 Å². The van der Waals surface area contributed by atoms with Gasteiger partial charge in [-0.3, -0.25) is 9.59 Å². The molecule has 32 heavy (non-hydrogen) atoms. The Labute approximate surface area is 190 Å². The molecule has 0 saturated heterocycles. The summed E-state index contributed by atoms with van der Waals surface area (Å²) in [5.74, 6) is -0.321. The third kappa shape index (κ3) is 7.38. The van der Waals surface area contributed by atoms with Crippen molar-refractivity contribution in [3.8, 4) is 0 Å². The molecular formula is C28H31NO3. The minimum atomic E-state index is -0.516. The molecule has 4 heteroatoms. The van der Waals surface area contributed by atoms with Gasteiger partial charge in [-0.15, -0.1) is 0 Å². The molecule has 1 N–H and O–H groups in total. The molecular weight excluding hydrogens is 398 g/mol. The van der Waals surface area contributed by atoms with Crippen molar-refractivity contribution in [3.05, 3.63) is 107 Å². The number of hydrogen-bond donors (Lipinski definition) is 1. The number of hydrogen-bond acceptors (Lipinski definition) is 3. The molecule has 0 bridgehead atoms. The van der Waals surface area contributed by atoms with Crippen molar-refractivity contribution < 1.29 is 14.3 Å². The SMILES string of the molecule is Cc1ccc([C@@H](CNC(=O)CCc2ccccc2)OC(=O)CCc2ccccc2)cc1C. The fourth-order valence-electron chi connectivity index (χ4n) is 3.50. The van der Waals surface area contributed by atoms with E-state index in [4.69, 9.17) is 4.74 Å². The first-order chi connectivity index (χ1) is 15.5. The van der Waals surface area contributed by atoms with Gasteiger partial charge in [0.05, 0.1) is 6.54 Å². The van der Waals surface area contributed by atoms with Crippen molar-refractivity contribution >= 4 is 11.9 Å². The Hall–Kier alpha value is -3.40. The summed E-state index contributed by atoms with van der Waals surface area (Å²) in [7, 11) is 0. The smallest absolute Gasteiger partial charge is 0.306 e. The molecule has 166 valence electrons. The molecule has 0 saturated carbocycles. The Kier molecular flexibility index (Phi) is 8.61. The van der Waals surface area contributed by atoms with E-state index < -0.39 is 6.10 Å². The molecule has 0 aliphatic heterocycles. The van der Waals surface area contributed by atoms with Crippen LogP contribution in [-0.2, 0) is 27.2 Å². The Morgan fingerprint density at radius 3 is 1.97 bits per heavy atom. The molecule has 0 radical (unpaired) electrons. The zero-order chi connectivity index (χ0) is 22.8. The monoisotopic (exact) mass is 429 g/mol. The van der Waals surface area contributed by atoms with Gasteiger partial charge in [-0.2, -0.15) is 0 Å². The maximum Gasteiger partial charge on any atom is 0.306 e. The number of ether oxygens (including phenoxy) is 1.